The van der Waals surface area contributed by atoms with Crippen LogP contribution < -0.4 is 5.73 Å². The van der Waals surface area contributed by atoms with Crippen molar-refractivity contribution in [1.82, 2.24) is 14.8 Å². The lowest BCUT2D eigenvalue weighted by Crippen LogP contribution is -2.05. The predicted octanol–water partition coefficient (Wildman–Crippen LogP) is 3.49. The van der Waals surface area contributed by atoms with Crippen LogP contribution in [0.3, 0.4) is 0 Å². The summed E-state index contributed by atoms with van der Waals surface area (Å²) in [6.45, 7) is 5.10. The van der Waals surface area contributed by atoms with E-state index in [1.165, 1.54) is 0 Å². The Balaban J connectivity index is 2.46. The van der Waals surface area contributed by atoms with E-state index in [2.05, 4.69) is 24.0 Å². The molecule has 1 aromatic heterocycles. The highest BCUT2D eigenvalue weighted by Gasteiger charge is 2.12. The fourth-order valence-electron chi connectivity index (χ4n) is 1.72. The second kappa shape index (κ2) is 5.16. The highest BCUT2D eigenvalue weighted by atomic mass is 35.5. The largest absolute Gasteiger partial charge is 0.396 e. The van der Waals surface area contributed by atoms with Crippen molar-refractivity contribution in [3.63, 3.8) is 0 Å². The zero-order valence-electron chi connectivity index (χ0n) is 10.2. The van der Waals surface area contributed by atoms with Gasteiger partial charge in [0, 0.05) is 12.1 Å². The van der Waals surface area contributed by atoms with Gasteiger partial charge in [-0.15, -0.1) is 10.2 Å². The number of hydrogen-bond donors (Lipinski definition) is 1. The van der Waals surface area contributed by atoms with Gasteiger partial charge in [0.25, 0.3) is 0 Å². The second-order valence-electron chi connectivity index (χ2n) is 4.55. The number of halogens is 2. The number of anilines is 1. The summed E-state index contributed by atoms with van der Waals surface area (Å²) in [5.74, 6) is 1.24. The quantitative estimate of drug-likeness (QED) is 0.878. The first-order chi connectivity index (χ1) is 8.49. The molecular weight excluding hydrogens is 271 g/mol. The van der Waals surface area contributed by atoms with Gasteiger partial charge in [-0.3, -0.25) is 0 Å². The van der Waals surface area contributed by atoms with Crippen LogP contribution in [0, 0.1) is 5.92 Å². The molecule has 2 N–H and O–H groups in total. The molecule has 4 nitrogen and oxygen atoms in total. The molecule has 0 aliphatic carbocycles. The molecule has 1 aromatic carbocycles. The summed E-state index contributed by atoms with van der Waals surface area (Å²) in [6.07, 6.45) is 1.70. The van der Waals surface area contributed by atoms with Crippen LogP contribution >= 0.6 is 23.2 Å². The van der Waals surface area contributed by atoms with Gasteiger partial charge in [-0.25, -0.2) is 0 Å². The molecule has 0 saturated carbocycles. The summed E-state index contributed by atoms with van der Waals surface area (Å²) in [7, 11) is 0. The monoisotopic (exact) mass is 284 g/mol. The average Bonchev–Trinajstić information content (AvgIpc) is 2.72. The van der Waals surface area contributed by atoms with Crippen molar-refractivity contribution in [1.29, 1.82) is 0 Å². The highest BCUT2D eigenvalue weighted by Crippen LogP contribution is 2.32. The Morgan fingerprint density at radius 1 is 1.28 bits per heavy atom. The van der Waals surface area contributed by atoms with Crippen LogP contribution in [0.2, 0.25) is 10.0 Å². The van der Waals surface area contributed by atoms with E-state index in [0.29, 0.717) is 21.7 Å². The fraction of sp³-hybridized carbons (Fsp3) is 0.333. The normalized spacial score (nSPS) is 11.2. The van der Waals surface area contributed by atoms with E-state index >= 15 is 0 Å². The minimum Gasteiger partial charge on any atom is -0.396 e. The van der Waals surface area contributed by atoms with Gasteiger partial charge in [-0.2, -0.15) is 0 Å². The number of benzene rings is 1. The third kappa shape index (κ3) is 2.60. The fourth-order valence-corrected chi connectivity index (χ4v) is 2.21. The summed E-state index contributed by atoms with van der Waals surface area (Å²) in [5, 5.41) is 8.89. The molecule has 2 aromatic rings. The molecule has 0 amide bonds. The molecule has 0 spiro atoms. The van der Waals surface area contributed by atoms with Crippen LogP contribution in [0.15, 0.2) is 18.5 Å². The van der Waals surface area contributed by atoms with Gasteiger partial charge < -0.3 is 10.3 Å². The molecule has 2 rings (SSSR count). The zero-order chi connectivity index (χ0) is 13.3. The average molecular weight is 285 g/mol. The van der Waals surface area contributed by atoms with Gasteiger partial charge in [-0.1, -0.05) is 37.0 Å². The lowest BCUT2D eigenvalue weighted by molar-refractivity contribution is 0.525. The Morgan fingerprint density at radius 2 is 1.89 bits per heavy atom. The van der Waals surface area contributed by atoms with Gasteiger partial charge in [0.1, 0.15) is 6.33 Å². The lowest BCUT2D eigenvalue weighted by atomic mass is 10.1. The van der Waals surface area contributed by atoms with Crippen molar-refractivity contribution in [2.45, 2.75) is 20.4 Å². The molecular formula is C12H14Cl2N4. The third-order valence-corrected chi connectivity index (χ3v) is 3.14. The standard InChI is InChI=1S/C12H14Cl2N4/c1-7(2)5-18-6-16-17-12(18)8-3-9(13)11(15)10(14)4-8/h3-4,6-7H,5,15H2,1-2H3. The minimum absolute atomic E-state index is 0.386. The molecule has 0 radical (unpaired) electrons. The Labute approximate surface area is 116 Å². The van der Waals surface area contributed by atoms with Crippen LogP contribution in [-0.2, 0) is 6.54 Å². The predicted molar refractivity (Wildman–Crippen MR) is 74.7 cm³/mol. The highest BCUT2D eigenvalue weighted by molar-refractivity contribution is 6.39. The first kappa shape index (κ1) is 13.2. The van der Waals surface area contributed by atoms with Crippen molar-refractivity contribution >= 4 is 28.9 Å². The molecule has 0 saturated heterocycles. The van der Waals surface area contributed by atoms with E-state index < -0.39 is 0 Å². The smallest absolute Gasteiger partial charge is 0.163 e. The van der Waals surface area contributed by atoms with Crippen LogP contribution in [-0.4, -0.2) is 14.8 Å². The Morgan fingerprint density at radius 3 is 2.44 bits per heavy atom. The van der Waals surface area contributed by atoms with Gasteiger partial charge in [-0.05, 0) is 18.1 Å². The van der Waals surface area contributed by atoms with E-state index in [9.17, 15) is 0 Å². The maximum atomic E-state index is 6.03. The summed E-state index contributed by atoms with van der Waals surface area (Å²) in [6, 6.07) is 3.51. The molecule has 18 heavy (non-hydrogen) atoms. The molecule has 0 aliphatic rings. The topological polar surface area (TPSA) is 56.7 Å². The van der Waals surface area contributed by atoms with Gasteiger partial charge in [0.05, 0.1) is 15.7 Å². The Hall–Kier alpha value is -1.26. The Kier molecular flexibility index (Phi) is 3.78. The van der Waals surface area contributed by atoms with Crippen molar-refractivity contribution in [3.8, 4) is 11.4 Å². The molecule has 0 aliphatic heterocycles. The number of hydrogen-bond acceptors (Lipinski definition) is 3. The summed E-state index contributed by atoms with van der Waals surface area (Å²) in [4.78, 5) is 0. The molecule has 0 fully saturated rings. The summed E-state index contributed by atoms with van der Waals surface area (Å²) in [5.41, 5.74) is 6.92. The zero-order valence-corrected chi connectivity index (χ0v) is 11.7. The third-order valence-electron chi connectivity index (χ3n) is 2.51. The molecule has 0 unspecified atom stereocenters. The number of rotatable bonds is 3. The van der Waals surface area contributed by atoms with Gasteiger partial charge in [0.15, 0.2) is 5.82 Å². The van der Waals surface area contributed by atoms with E-state index in [4.69, 9.17) is 28.9 Å². The number of aromatic nitrogens is 3. The van der Waals surface area contributed by atoms with Crippen LogP contribution in [0.25, 0.3) is 11.4 Å². The SMILES string of the molecule is CC(C)Cn1cnnc1-c1cc(Cl)c(N)c(Cl)c1. The van der Waals surface area contributed by atoms with Gasteiger partial charge >= 0.3 is 0 Å². The van der Waals surface area contributed by atoms with Crippen molar-refractivity contribution < 1.29 is 0 Å². The molecule has 6 heteroatoms. The molecule has 0 atom stereocenters. The van der Waals surface area contributed by atoms with E-state index in [0.717, 1.165) is 17.9 Å². The first-order valence-electron chi connectivity index (χ1n) is 5.61. The summed E-state index contributed by atoms with van der Waals surface area (Å²) >= 11 is 12.1. The summed E-state index contributed by atoms with van der Waals surface area (Å²) < 4.78 is 1.98. The van der Waals surface area contributed by atoms with Crippen molar-refractivity contribution in [2.75, 3.05) is 5.73 Å². The number of nitrogen functional groups attached to an aromatic ring is 1. The minimum atomic E-state index is 0.386. The van der Waals surface area contributed by atoms with Crippen molar-refractivity contribution in [3.05, 3.63) is 28.5 Å². The van der Waals surface area contributed by atoms with Crippen molar-refractivity contribution in [2.24, 2.45) is 5.92 Å². The van der Waals surface area contributed by atoms with Gasteiger partial charge in [0.2, 0.25) is 0 Å². The van der Waals surface area contributed by atoms with E-state index in [1.54, 1.807) is 18.5 Å². The molecule has 0 bridgehead atoms. The second-order valence-corrected chi connectivity index (χ2v) is 5.37. The Bertz CT molecular complexity index is 540. The first-order valence-corrected chi connectivity index (χ1v) is 6.37. The van der Waals surface area contributed by atoms with Crippen LogP contribution in [0.4, 0.5) is 5.69 Å². The van der Waals surface area contributed by atoms with Crippen LogP contribution in [0.5, 0.6) is 0 Å². The lowest BCUT2D eigenvalue weighted by Gasteiger charge is -2.10. The maximum absolute atomic E-state index is 6.03. The number of nitrogens with two attached hydrogens (primary N) is 1. The molecule has 96 valence electrons. The molecule has 1 heterocycles. The number of nitrogens with zero attached hydrogens (tertiary/aromatic N) is 3. The van der Waals surface area contributed by atoms with E-state index in [1.807, 2.05) is 4.57 Å². The maximum Gasteiger partial charge on any atom is 0.163 e. The van der Waals surface area contributed by atoms with E-state index in [-0.39, 0.29) is 0 Å². The van der Waals surface area contributed by atoms with Crippen LogP contribution in [0.1, 0.15) is 13.8 Å².